The SMILES string of the molecule is CCCCN(C(=O)Cc1ccc(OC)c(N=S(=O)=O)c1)C(=S)NC. The minimum atomic E-state index is -2.60. The zero-order chi connectivity index (χ0) is 18.1. The highest BCUT2D eigenvalue weighted by Gasteiger charge is 2.18. The Balaban J connectivity index is 3.03. The summed E-state index contributed by atoms with van der Waals surface area (Å²) in [6.45, 7) is 2.57. The van der Waals surface area contributed by atoms with Crippen LogP contribution >= 0.6 is 12.2 Å². The van der Waals surface area contributed by atoms with Crippen LogP contribution in [0.2, 0.25) is 0 Å². The predicted molar refractivity (Wildman–Crippen MR) is 96.0 cm³/mol. The van der Waals surface area contributed by atoms with Gasteiger partial charge in [0.1, 0.15) is 11.4 Å². The third-order valence-corrected chi connectivity index (χ3v) is 4.04. The Bertz CT molecular complexity index is 724. The van der Waals surface area contributed by atoms with Crippen LogP contribution in [0.25, 0.3) is 0 Å². The Hall–Kier alpha value is -2.00. The van der Waals surface area contributed by atoms with E-state index in [1.165, 1.54) is 18.1 Å². The van der Waals surface area contributed by atoms with Crippen LogP contribution in [-0.2, 0) is 21.7 Å². The summed E-state index contributed by atoms with van der Waals surface area (Å²) in [6.07, 6.45) is 1.87. The van der Waals surface area contributed by atoms with E-state index in [0.29, 0.717) is 23.0 Å². The largest absolute Gasteiger partial charge is 0.494 e. The van der Waals surface area contributed by atoms with E-state index in [9.17, 15) is 13.2 Å². The highest BCUT2D eigenvalue weighted by molar-refractivity contribution is 7.80. The maximum atomic E-state index is 12.5. The topological polar surface area (TPSA) is 88.1 Å². The third kappa shape index (κ3) is 5.89. The van der Waals surface area contributed by atoms with E-state index in [-0.39, 0.29) is 18.0 Å². The first-order valence-electron chi connectivity index (χ1n) is 7.43. The first kappa shape index (κ1) is 20.0. The normalized spacial score (nSPS) is 9.96. The first-order chi connectivity index (χ1) is 11.4. The van der Waals surface area contributed by atoms with E-state index in [2.05, 4.69) is 9.68 Å². The second-order valence-electron chi connectivity index (χ2n) is 4.95. The number of nitrogens with zero attached hydrogens (tertiary/aromatic N) is 2. The molecule has 24 heavy (non-hydrogen) atoms. The van der Waals surface area contributed by atoms with Gasteiger partial charge in [0.05, 0.1) is 13.5 Å². The molecule has 0 radical (unpaired) electrons. The van der Waals surface area contributed by atoms with Crippen molar-refractivity contribution in [1.82, 2.24) is 10.2 Å². The van der Waals surface area contributed by atoms with E-state index in [1.807, 2.05) is 6.92 Å². The molecule has 0 unspecified atom stereocenters. The van der Waals surface area contributed by atoms with Crippen LogP contribution in [0.3, 0.4) is 0 Å². The van der Waals surface area contributed by atoms with Gasteiger partial charge in [-0.2, -0.15) is 8.42 Å². The number of benzene rings is 1. The van der Waals surface area contributed by atoms with Crippen molar-refractivity contribution in [1.29, 1.82) is 0 Å². The maximum Gasteiger partial charge on any atom is 0.316 e. The Morgan fingerprint density at radius 2 is 2.12 bits per heavy atom. The van der Waals surface area contributed by atoms with Crippen molar-refractivity contribution in [3.8, 4) is 5.75 Å². The second kappa shape index (κ2) is 9.99. The molecule has 1 N–H and O–H groups in total. The van der Waals surface area contributed by atoms with Crippen molar-refractivity contribution < 1.29 is 17.9 Å². The molecule has 0 atom stereocenters. The molecule has 0 heterocycles. The van der Waals surface area contributed by atoms with Crippen molar-refractivity contribution in [2.75, 3.05) is 20.7 Å². The molecule has 132 valence electrons. The molecule has 0 aliphatic carbocycles. The summed E-state index contributed by atoms with van der Waals surface area (Å²) in [6, 6.07) is 4.80. The first-order valence-corrected chi connectivity index (χ1v) is 8.87. The Labute approximate surface area is 148 Å². The fourth-order valence-electron chi connectivity index (χ4n) is 2.06. The van der Waals surface area contributed by atoms with Crippen LogP contribution < -0.4 is 10.1 Å². The van der Waals surface area contributed by atoms with E-state index in [0.717, 1.165) is 12.8 Å². The number of methoxy groups -OCH3 is 1. The number of ether oxygens (including phenoxy) is 1. The minimum absolute atomic E-state index is 0.0868. The molecular formula is C15H21N3O4S2. The van der Waals surface area contributed by atoms with Gasteiger partial charge in [-0.1, -0.05) is 19.4 Å². The number of nitrogens with one attached hydrogen (secondary N) is 1. The van der Waals surface area contributed by atoms with Crippen LogP contribution in [0.1, 0.15) is 25.3 Å². The Morgan fingerprint density at radius 3 is 2.67 bits per heavy atom. The Kier molecular flexibility index (Phi) is 8.34. The summed E-state index contributed by atoms with van der Waals surface area (Å²) in [4.78, 5) is 14.0. The molecule has 1 aromatic carbocycles. The highest BCUT2D eigenvalue weighted by Crippen LogP contribution is 2.28. The fraction of sp³-hybridized carbons (Fsp3) is 0.467. The molecule has 0 fully saturated rings. The number of hydrogen-bond acceptors (Lipinski definition) is 6. The smallest absolute Gasteiger partial charge is 0.316 e. The van der Waals surface area contributed by atoms with E-state index in [1.54, 1.807) is 19.2 Å². The van der Waals surface area contributed by atoms with Crippen LogP contribution in [0.5, 0.6) is 5.75 Å². The molecule has 1 aromatic rings. The average molecular weight is 371 g/mol. The van der Waals surface area contributed by atoms with Crippen LogP contribution in [0, 0.1) is 0 Å². The summed E-state index contributed by atoms with van der Waals surface area (Å²) >= 11 is 5.18. The van der Waals surface area contributed by atoms with Crippen molar-refractivity contribution in [2.45, 2.75) is 26.2 Å². The van der Waals surface area contributed by atoms with Crippen LogP contribution in [0.4, 0.5) is 5.69 Å². The fourth-order valence-corrected chi connectivity index (χ4v) is 2.55. The summed E-state index contributed by atoms with van der Waals surface area (Å²) in [5.74, 6) is 0.158. The second-order valence-corrected chi connectivity index (χ2v) is 5.95. The predicted octanol–water partition coefficient (Wildman–Crippen LogP) is 2.06. The molecule has 9 heteroatoms. The highest BCUT2D eigenvalue weighted by atomic mass is 32.2. The van der Waals surface area contributed by atoms with Gasteiger partial charge in [0, 0.05) is 13.6 Å². The lowest BCUT2D eigenvalue weighted by Gasteiger charge is -2.23. The van der Waals surface area contributed by atoms with Crippen molar-refractivity contribution >= 4 is 39.4 Å². The van der Waals surface area contributed by atoms with Crippen molar-refractivity contribution in [3.63, 3.8) is 0 Å². The van der Waals surface area contributed by atoms with Crippen molar-refractivity contribution in [3.05, 3.63) is 23.8 Å². The van der Waals surface area contributed by atoms with Gasteiger partial charge in [0.15, 0.2) is 5.11 Å². The molecule has 0 spiro atoms. The lowest BCUT2D eigenvalue weighted by Crippen LogP contribution is -2.43. The van der Waals surface area contributed by atoms with E-state index in [4.69, 9.17) is 17.0 Å². The van der Waals surface area contributed by atoms with E-state index >= 15 is 0 Å². The number of carbonyl (C=O) groups excluding carboxylic acids is 1. The molecule has 1 amide bonds. The number of amides is 1. The van der Waals surface area contributed by atoms with Gasteiger partial charge >= 0.3 is 10.5 Å². The monoisotopic (exact) mass is 371 g/mol. The van der Waals surface area contributed by atoms with Gasteiger partial charge in [0.2, 0.25) is 5.91 Å². The van der Waals surface area contributed by atoms with Gasteiger partial charge < -0.3 is 10.1 Å². The summed E-state index contributed by atoms with van der Waals surface area (Å²) in [5.41, 5.74) is 0.790. The average Bonchev–Trinajstić information content (AvgIpc) is 2.54. The zero-order valence-electron chi connectivity index (χ0n) is 13.9. The van der Waals surface area contributed by atoms with Gasteiger partial charge in [-0.15, -0.1) is 4.36 Å². The van der Waals surface area contributed by atoms with Gasteiger partial charge in [-0.05, 0) is 36.3 Å². The van der Waals surface area contributed by atoms with Crippen LogP contribution in [0.15, 0.2) is 22.6 Å². The minimum Gasteiger partial charge on any atom is -0.494 e. The van der Waals surface area contributed by atoms with Gasteiger partial charge in [-0.3, -0.25) is 9.69 Å². The third-order valence-electron chi connectivity index (χ3n) is 3.27. The number of rotatable bonds is 7. The molecule has 7 nitrogen and oxygen atoms in total. The summed E-state index contributed by atoms with van der Waals surface area (Å²) < 4.78 is 30.1. The maximum absolute atomic E-state index is 12.5. The molecule has 1 rings (SSSR count). The number of carbonyl (C=O) groups is 1. The lowest BCUT2D eigenvalue weighted by atomic mass is 10.1. The molecule has 0 aromatic heterocycles. The van der Waals surface area contributed by atoms with E-state index < -0.39 is 10.5 Å². The zero-order valence-corrected chi connectivity index (χ0v) is 15.5. The standard InChI is InChI=1S/C15H21N3O4S2/c1-4-5-8-18(15(23)16-2)14(19)10-11-6-7-13(22-3)12(9-11)17-24(20)21/h6-7,9H,4-5,8,10H2,1-3H3,(H,16,23). The summed E-state index contributed by atoms with van der Waals surface area (Å²) in [5, 5.41) is 3.18. The number of hydrogen-bond donors (Lipinski definition) is 1. The molecule has 0 saturated carbocycles. The quantitative estimate of drug-likeness (QED) is 0.738. The number of thiocarbonyl (C=S) groups is 1. The molecule has 0 bridgehead atoms. The van der Waals surface area contributed by atoms with Gasteiger partial charge in [-0.25, -0.2) is 0 Å². The molecule has 0 aliphatic rings. The van der Waals surface area contributed by atoms with Crippen molar-refractivity contribution in [2.24, 2.45) is 4.36 Å². The molecule has 0 saturated heterocycles. The van der Waals surface area contributed by atoms with Gasteiger partial charge in [0.25, 0.3) is 0 Å². The molecule has 0 aliphatic heterocycles. The Morgan fingerprint density at radius 1 is 1.42 bits per heavy atom. The number of unbranched alkanes of at least 4 members (excludes halogenated alkanes) is 1. The lowest BCUT2D eigenvalue weighted by molar-refractivity contribution is -0.126. The molecular weight excluding hydrogens is 350 g/mol. The van der Waals surface area contributed by atoms with Crippen LogP contribution in [-0.4, -0.2) is 45.0 Å². The summed E-state index contributed by atoms with van der Waals surface area (Å²) in [7, 11) is 0.488.